The van der Waals surface area contributed by atoms with Crippen LogP contribution in [0.4, 0.5) is 0 Å². The summed E-state index contributed by atoms with van der Waals surface area (Å²) in [4.78, 5) is 0. The Morgan fingerprint density at radius 1 is 1.26 bits per heavy atom. The predicted octanol–water partition coefficient (Wildman–Crippen LogP) is 1.80. The van der Waals surface area contributed by atoms with Crippen LogP contribution >= 0.6 is 0 Å². The lowest BCUT2D eigenvalue weighted by molar-refractivity contribution is -0.0129. The van der Waals surface area contributed by atoms with E-state index in [0.29, 0.717) is 0 Å². The predicted molar refractivity (Wildman–Crippen MR) is 74.7 cm³/mol. The number of benzene rings is 1. The van der Waals surface area contributed by atoms with Gasteiger partial charge in [-0.1, -0.05) is 18.2 Å². The van der Waals surface area contributed by atoms with E-state index in [1.165, 1.54) is 0 Å². The first-order valence-electron chi connectivity index (χ1n) is 6.21. The Morgan fingerprint density at radius 2 is 1.95 bits per heavy atom. The van der Waals surface area contributed by atoms with Crippen LogP contribution in [0.1, 0.15) is 25.6 Å². The summed E-state index contributed by atoms with van der Waals surface area (Å²) in [5.74, 6) is 5.70. The number of aromatic nitrogens is 2. The number of ether oxygens (including phenoxy) is 1. The van der Waals surface area contributed by atoms with Crippen LogP contribution in [0.2, 0.25) is 0 Å². The van der Waals surface area contributed by atoms with Crippen molar-refractivity contribution in [3.8, 4) is 5.69 Å². The number of hydrazine groups is 1. The van der Waals surface area contributed by atoms with Gasteiger partial charge in [-0.05, 0) is 32.0 Å². The number of nitrogens with one attached hydrogen (secondary N) is 1. The molecule has 1 unspecified atom stereocenters. The van der Waals surface area contributed by atoms with Crippen molar-refractivity contribution in [3.63, 3.8) is 0 Å². The average Bonchev–Trinajstić information content (AvgIpc) is 2.89. The summed E-state index contributed by atoms with van der Waals surface area (Å²) in [5, 5.41) is 4.37. The van der Waals surface area contributed by atoms with Gasteiger partial charge >= 0.3 is 0 Å². The number of rotatable bonds is 5. The molecule has 102 valence electrons. The third-order valence-electron chi connectivity index (χ3n) is 3.36. The fourth-order valence-electron chi connectivity index (χ4n) is 2.08. The Morgan fingerprint density at radius 3 is 2.53 bits per heavy atom. The van der Waals surface area contributed by atoms with Gasteiger partial charge in [-0.25, -0.2) is 10.1 Å². The molecule has 1 aromatic carbocycles. The molecule has 3 N–H and O–H groups in total. The van der Waals surface area contributed by atoms with Crippen molar-refractivity contribution in [2.75, 3.05) is 7.11 Å². The molecule has 0 spiro atoms. The van der Waals surface area contributed by atoms with Crippen molar-refractivity contribution >= 4 is 0 Å². The van der Waals surface area contributed by atoms with Gasteiger partial charge in [-0.3, -0.25) is 5.84 Å². The molecule has 2 rings (SSSR count). The highest BCUT2D eigenvalue weighted by molar-refractivity contribution is 5.33. The average molecular weight is 260 g/mol. The molecule has 0 aliphatic heterocycles. The molecule has 2 aromatic rings. The van der Waals surface area contributed by atoms with Crippen LogP contribution in [-0.2, 0) is 4.74 Å². The molecule has 1 aromatic heterocycles. The molecule has 0 amide bonds. The maximum absolute atomic E-state index is 5.70. The zero-order valence-corrected chi connectivity index (χ0v) is 11.5. The minimum Gasteiger partial charge on any atom is -0.377 e. The third-order valence-corrected chi connectivity index (χ3v) is 3.36. The molecule has 0 saturated carbocycles. The van der Waals surface area contributed by atoms with Crippen LogP contribution in [0, 0.1) is 0 Å². The van der Waals surface area contributed by atoms with Gasteiger partial charge in [-0.2, -0.15) is 5.10 Å². The monoisotopic (exact) mass is 260 g/mol. The Bertz CT molecular complexity index is 521. The molecular weight excluding hydrogens is 240 g/mol. The van der Waals surface area contributed by atoms with Crippen LogP contribution in [0.3, 0.4) is 0 Å². The van der Waals surface area contributed by atoms with Crippen LogP contribution in [-0.4, -0.2) is 22.5 Å². The van der Waals surface area contributed by atoms with Crippen LogP contribution in [0.5, 0.6) is 0 Å². The van der Waals surface area contributed by atoms with E-state index in [1.807, 2.05) is 54.9 Å². The molecule has 1 atom stereocenters. The van der Waals surface area contributed by atoms with Gasteiger partial charge in [0.2, 0.25) is 0 Å². The van der Waals surface area contributed by atoms with Crippen LogP contribution in [0.25, 0.3) is 5.69 Å². The molecule has 5 heteroatoms. The summed E-state index contributed by atoms with van der Waals surface area (Å²) >= 11 is 0. The first-order chi connectivity index (χ1) is 9.10. The molecule has 19 heavy (non-hydrogen) atoms. The molecule has 0 fully saturated rings. The normalized spacial score (nSPS) is 13.5. The minimum atomic E-state index is -0.443. The second-order valence-corrected chi connectivity index (χ2v) is 4.91. The Balaban J connectivity index is 2.44. The van der Waals surface area contributed by atoms with Gasteiger partial charge in [0.25, 0.3) is 0 Å². The van der Waals surface area contributed by atoms with Gasteiger partial charge in [0, 0.05) is 13.3 Å². The zero-order valence-electron chi connectivity index (χ0n) is 11.5. The highest BCUT2D eigenvalue weighted by Crippen LogP contribution is 2.28. The number of nitrogens with two attached hydrogens (primary N) is 1. The van der Waals surface area contributed by atoms with E-state index in [2.05, 4.69) is 10.5 Å². The van der Waals surface area contributed by atoms with E-state index in [9.17, 15) is 0 Å². The van der Waals surface area contributed by atoms with E-state index in [4.69, 9.17) is 10.6 Å². The summed E-state index contributed by atoms with van der Waals surface area (Å²) in [6.07, 6.45) is 1.76. The maximum atomic E-state index is 5.70. The van der Waals surface area contributed by atoms with Crippen molar-refractivity contribution in [1.82, 2.24) is 15.2 Å². The number of hydrogen-bond acceptors (Lipinski definition) is 4. The SMILES string of the molecule is COC(C)(C)C(NN)c1ccnn1-c1ccccc1. The van der Waals surface area contributed by atoms with Gasteiger partial charge in [0.05, 0.1) is 23.0 Å². The first-order valence-corrected chi connectivity index (χ1v) is 6.21. The number of nitrogens with zero attached hydrogens (tertiary/aromatic N) is 2. The highest BCUT2D eigenvalue weighted by atomic mass is 16.5. The molecule has 1 heterocycles. The van der Waals surface area contributed by atoms with E-state index in [-0.39, 0.29) is 6.04 Å². The number of hydrogen-bond donors (Lipinski definition) is 2. The molecule has 0 saturated heterocycles. The second kappa shape index (κ2) is 5.52. The van der Waals surface area contributed by atoms with Gasteiger partial charge in [-0.15, -0.1) is 0 Å². The summed E-state index contributed by atoms with van der Waals surface area (Å²) in [5.41, 5.74) is 4.33. The molecule has 0 aliphatic carbocycles. The van der Waals surface area contributed by atoms with Gasteiger partial charge in [0.1, 0.15) is 0 Å². The lowest BCUT2D eigenvalue weighted by Gasteiger charge is -2.32. The van der Waals surface area contributed by atoms with Crippen LogP contribution < -0.4 is 11.3 Å². The van der Waals surface area contributed by atoms with Crippen molar-refractivity contribution < 1.29 is 4.74 Å². The Kier molecular flexibility index (Phi) is 3.99. The maximum Gasteiger partial charge on any atom is 0.0917 e. The minimum absolute atomic E-state index is 0.166. The fourth-order valence-corrected chi connectivity index (χ4v) is 2.08. The quantitative estimate of drug-likeness (QED) is 0.635. The van der Waals surface area contributed by atoms with E-state index in [1.54, 1.807) is 13.3 Å². The summed E-state index contributed by atoms with van der Waals surface area (Å²) in [6, 6.07) is 11.7. The van der Waals surface area contributed by atoms with Crippen molar-refractivity contribution in [2.45, 2.75) is 25.5 Å². The molecule has 5 nitrogen and oxygen atoms in total. The standard InChI is InChI=1S/C14H20N4O/c1-14(2,19-3)13(17-15)12-9-10-16-18(12)11-7-5-4-6-8-11/h4-10,13,17H,15H2,1-3H3. The van der Waals surface area contributed by atoms with Gasteiger partial charge in [0.15, 0.2) is 0 Å². The zero-order chi connectivity index (χ0) is 13.9. The van der Waals surface area contributed by atoms with E-state index >= 15 is 0 Å². The second-order valence-electron chi connectivity index (χ2n) is 4.91. The molecule has 0 aliphatic rings. The lowest BCUT2D eigenvalue weighted by atomic mass is 9.96. The lowest BCUT2D eigenvalue weighted by Crippen LogP contribution is -2.44. The van der Waals surface area contributed by atoms with Crippen molar-refractivity contribution in [2.24, 2.45) is 5.84 Å². The summed E-state index contributed by atoms with van der Waals surface area (Å²) in [7, 11) is 1.67. The summed E-state index contributed by atoms with van der Waals surface area (Å²) < 4.78 is 7.39. The Hall–Kier alpha value is -1.69. The largest absolute Gasteiger partial charge is 0.377 e. The topological polar surface area (TPSA) is 65.1 Å². The van der Waals surface area contributed by atoms with Crippen molar-refractivity contribution in [1.29, 1.82) is 0 Å². The fraction of sp³-hybridized carbons (Fsp3) is 0.357. The van der Waals surface area contributed by atoms with E-state index in [0.717, 1.165) is 11.4 Å². The number of para-hydroxylation sites is 1. The molecule has 0 bridgehead atoms. The summed E-state index contributed by atoms with van der Waals surface area (Å²) in [6.45, 7) is 3.97. The van der Waals surface area contributed by atoms with Crippen LogP contribution in [0.15, 0.2) is 42.6 Å². The third kappa shape index (κ3) is 2.68. The molecular formula is C14H20N4O. The Labute approximate surface area is 113 Å². The number of methoxy groups -OCH3 is 1. The smallest absolute Gasteiger partial charge is 0.0917 e. The van der Waals surface area contributed by atoms with Crippen molar-refractivity contribution in [3.05, 3.63) is 48.3 Å². The highest BCUT2D eigenvalue weighted by Gasteiger charge is 2.32. The molecule has 0 radical (unpaired) electrons. The van der Waals surface area contributed by atoms with Gasteiger partial charge < -0.3 is 4.74 Å². The van der Waals surface area contributed by atoms with E-state index < -0.39 is 5.60 Å². The first kappa shape index (κ1) is 13.7.